The van der Waals surface area contributed by atoms with E-state index in [0.29, 0.717) is 6.42 Å². The smallest absolute Gasteiger partial charge is 0.243 e. The number of nitrogens with zero attached hydrogens (tertiary/aromatic N) is 1. The highest BCUT2D eigenvalue weighted by atomic mass is 35.5. The summed E-state index contributed by atoms with van der Waals surface area (Å²) in [6.45, 7) is 1.66. The first kappa shape index (κ1) is 15.8. The molecule has 1 aliphatic heterocycles. The molecule has 5 nitrogen and oxygen atoms in total. The van der Waals surface area contributed by atoms with Crippen molar-refractivity contribution in [3.63, 3.8) is 0 Å². The maximum atomic E-state index is 12.5. The Morgan fingerprint density at radius 1 is 1.50 bits per heavy atom. The SMILES string of the molecule is CC(=O)N1C[C@@H](O)C[C@@H]1C(=O)NC1CCCc2sc(Cl)cc21. The first-order valence-corrected chi connectivity index (χ1v) is 8.69. The zero-order valence-electron chi connectivity index (χ0n) is 12.3. The van der Waals surface area contributed by atoms with E-state index in [1.54, 1.807) is 11.3 Å². The van der Waals surface area contributed by atoms with Crippen LogP contribution in [0.4, 0.5) is 0 Å². The largest absolute Gasteiger partial charge is 0.391 e. The number of nitrogens with one attached hydrogen (secondary N) is 1. The summed E-state index contributed by atoms with van der Waals surface area (Å²) in [7, 11) is 0. The van der Waals surface area contributed by atoms with Crippen LogP contribution in [0.15, 0.2) is 6.07 Å². The number of thiophene rings is 1. The van der Waals surface area contributed by atoms with Crippen LogP contribution in [0, 0.1) is 0 Å². The first-order valence-electron chi connectivity index (χ1n) is 7.49. The van der Waals surface area contributed by atoms with Crippen LogP contribution in [-0.4, -0.2) is 40.5 Å². The average molecular weight is 343 g/mol. The van der Waals surface area contributed by atoms with Crippen molar-refractivity contribution >= 4 is 34.8 Å². The quantitative estimate of drug-likeness (QED) is 0.862. The average Bonchev–Trinajstić information content (AvgIpc) is 3.01. The minimum Gasteiger partial charge on any atom is -0.391 e. The van der Waals surface area contributed by atoms with E-state index in [-0.39, 0.29) is 24.4 Å². The molecule has 0 radical (unpaired) electrons. The monoisotopic (exact) mass is 342 g/mol. The van der Waals surface area contributed by atoms with Crippen LogP contribution >= 0.6 is 22.9 Å². The second kappa shape index (κ2) is 6.18. The van der Waals surface area contributed by atoms with Crippen LogP contribution in [0.2, 0.25) is 4.34 Å². The lowest BCUT2D eigenvalue weighted by molar-refractivity contribution is -0.137. The Morgan fingerprint density at radius 3 is 3.00 bits per heavy atom. The van der Waals surface area contributed by atoms with Crippen molar-refractivity contribution in [2.75, 3.05) is 6.54 Å². The second-order valence-corrected chi connectivity index (χ2v) is 7.73. The van der Waals surface area contributed by atoms with Crippen LogP contribution in [-0.2, 0) is 16.0 Å². The van der Waals surface area contributed by atoms with E-state index in [9.17, 15) is 14.7 Å². The molecule has 22 heavy (non-hydrogen) atoms. The fraction of sp³-hybridized carbons (Fsp3) is 0.600. The fourth-order valence-corrected chi connectivity index (χ4v) is 4.73. The Balaban J connectivity index is 1.73. The molecule has 1 aliphatic carbocycles. The summed E-state index contributed by atoms with van der Waals surface area (Å²) in [5.41, 5.74) is 1.10. The lowest BCUT2D eigenvalue weighted by Gasteiger charge is -2.27. The van der Waals surface area contributed by atoms with E-state index in [0.717, 1.165) is 29.2 Å². The van der Waals surface area contributed by atoms with Gasteiger partial charge in [0.25, 0.3) is 0 Å². The van der Waals surface area contributed by atoms with Gasteiger partial charge in [0, 0.05) is 24.8 Å². The molecule has 2 aliphatic rings. The maximum absolute atomic E-state index is 12.5. The lowest BCUT2D eigenvalue weighted by atomic mass is 9.93. The van der Waals surface area contributed by atoms with Crippen molar-refractivity contribution in [1.82, 2.24) is 10.2 Å². The van der Waals surface area contributed by atoms with Crippen LogP contribution in [0.25, 0.3) is 0 Å². The zero-order chi connectivity index (χ0) is 15.9. The highest BCUT2D eigenvalue weighted by molar-refractivity contribution is 7.16. The molecule has 1 saturated heterocycles. The maximum Gasteiger partial charge on any atom is 0.243 e. The van der Waals surface area contributed by atoms with Crippen LogP contribution < -0.4 is 5.32 Å². The molecule has 0 bridgehead atoms. The zero-order valence-corrected chi connectivity index (χ0v) is 13.9. The summed E-state index contributed by atoms with van der Waals surface area (Å²) in [6, 6.07) is 1.30. The molecule has 120 valence electrons. The van der Waals surface area contributed by atoms with Crippen molar-refractivity contribution in [3.8, 4) is 0 Å². The number of aryl methyl sites for hydroxylation is 1. The standard InChI is InChI=1S/C15H19ClN2O3S/c1-8(19)18-7-9(20)5-12(18)15(21)17-11-3-2-4-13-10(11)6-14(16)22-13/h6,9,11-12,20H,2-5,7H2,1H3,(H,17,21)/t9-,11?,12+/m0/s1. The molecule has 2 N–H and O–H groups in total. The summed E-state index contributed by atoms with van der Waals surface area (Å²) >= 11 is 7.65. The topological polar surface area (TPSA) is 69.6 Å². The van der Waals surface area contributed by atoms with Gasteiger partial charge in [0.1, 0.15) is 6.04 Å². The van der Waals surface area contributed by atoms with E-state index < -0.39 is 12.1 Å². The lowest BCUT2D eigenvalue weighted by Crippen LogP contribution is -2.46. The van der Waals surface area contributed by atoms with Crippen LogP contribution in [0.5, 0.6) is 0 Å². The molecule has 1 aromatic rings. The predicted octanol–water partition coefficient (Wildman–Crippen LogP) is 1.88. The molecule has 1 fully saturated rings. The molecule has 0 spiro atoms. The van der Waals surface area contributed by atoms with Crippen molar-refractivity contribution in [1.29, 1.82) is 0 Å². The molecular weight excluding hydrogens is 324 g/mol. The molecule has 0 saturated carbocycles. The molecular formula is C15H19ClN2O3S. The van der Waals surface area contributed by atoms with Crippen molar-refractivity contribution < 1.29 is 14.7 Å². The van der Waals surface area contributed by atoms with E-state index in [2.05, 4.69) is 5.32 Å². The van der Waals surface area contributed by atoms with Gasteiger partial charge in [-0.1, -0.05) is 11.6 Å². The van der Waals surface area contributed by atoms with E-state index in [4.69, 9.17) is 11.6 Å². The molecule has 1 aromatic heterocycles. The third-order valence-electron chi connectivity index (χ3n) is 4.39. The van der Waals surface area contributed by atoms with Gasteiger partial charge in [-0.15, -0.1) is 11.3 Å². The van der Waals surface area contributed by atoms with Gasteiger partial charge in [-0.3, -0.25) is 9.59 Å². The van der Waals surface area contributed by atoms with E-state index >= 15 is 0 Å². The summed E-state index contributed by atoms with van der Waals surface area (Å²) in [5.74, 6) is -0.369. The number of hydrogen-bond acceptors (Lipinski definition) is 4. The Kier molecular flexibility index (Phi) is 4.43. The third kappa shape index (κ3) is 3.00. The Labute approximate surface area is 138 Å². The molecule has 7 heteroatoms. The first-order chi connectivity index (χ1) is 10.5. The number of carbonyl (C=O) groups excluding carboxylic acids is 2. The number of aliphatic hydroxyl groups is 1. The van der Waals surface area contributed by atoms with E-state index in [1.807, 2.05) is 6.07 Å². The van der Waals surface area contributed by atoms with Crippen molar-refractivity contribution in [2.45, 2.75) is 50.8 Å². The number of β-amino-alcohol motifs (C(OH)–C–C–N with tert-alkyl or cyclic N) is 1. The molecule has 0 aromatic carbocycles. The predicted molar refractivity (Wildman–Crippen MR) is 84.9 cm³/mol. The highest BCUT2D eigenvalue weighted by Crippen LogP contribution is 2.38. The summed E-state index contributed by atoms with van der Waals surface area (Å²) in [5, 5.41) is 12.8. The summed E-state index contributed by atoms with van der Waals surface area (Å²) < 4.78 is 0.743. The number of aliphatic hydroxyl groups excluding tert-OH is 1. The minimum absolute atomic E-state index is 0.0495. The summed E-state index contributed by atoms with van der Waals surface area (Å²) in [4.78, 5) is 26.8. The number of amides is 2. The third-order valence-corrected chi connectivity index (χ3v) is 5.73. The number of carbonyl (C=O) groups is 2. The van der Waals surface area contributed by atoms with Gasteiger partial charge in [-0.2, -0.15) is 0 Å². The molecule has 3 rings (SSSR count). The molecule has 2 heterocycles. The number of rotatable bonds is 2. The van der Waals surface area contributed by atoms with Gasteiger partial charge in [-0.25, -0.2) is 0 Å². The number of halogens is 1. The number of likely N-dealkylation sites (tertiary alicyclic amines) is 1. The van der Waals surface area contributed by atoms with Gasteiger partial charge in [0.05, 0.1) is 16.5 Å². The van der Waals surface area contributed by atoms with Gasteiger partial charge in [0.2, 0.25) is 11.8 Å². The molecule has 3 atom stereocenters. The number of hydrogen-bond donors (Lipinski definition) is 2. The summed E-state index contributed by atoms with van der Waals surface area (Å²) in [6.07, 6.45) is 2.56. The van der Waals surface area contributed by atoms with Gasteiger partial charge in [0.15, 0.2) is 0 Å². The second-order valence-electron chi connectivity index (χ2n) is 5.96. The fourth-order valence-electron chi connectivity index (χ4n) is 3.35. The van der Waals surface area contributed by atoms with Crippen LogP contribution in [0.1, 0.15) is 42.7 Å². The normalized spacial score (nSPS) is 27.6. The highest BCUT2D eigenvalue weighted by Gasteiger charge is 2.38. The Hall–Kier alpha value is -1.11. The molecule has 2 amide bonds. The van der Waals surface area contributed by atoms with Gasteiger partial charge in [-0.05, 0) is 30.9 Å². The van der Waals surface area contributed by atoms with Crippen molar-refractivity contribution in [2.24, 2.45) is 0 Å². The number of fused-ring (bicyclic) bond motifs is 1. The van der Waals surface area contributed by atoms with Crippen molar-refractivity contribution in [3.05, 3.63) is 20.8 Å². The van der Waals surface area contributed by atoms with Gasteiger partial charge >= 0.3 is 0 Å². The van der Waals surface area contributed by atoms with Crippen LogP contribution in [0.3, 0.4) is 0 Å². The van der Waals surface area contributed by atoms with E-state index in [1.165, 1.54) is 16.7 Å². The van der Waals surface area contributed by atoms with Gasteiger partial charge < -0.3 is 15.3 Å². The minimum atomic E-state index is -0.628. The Morgan fingerprint density at radius 2 is 2.27 bits per heavy atom. The Bertz CT molecular complexity index is 604. The molecule has 1 unspecified atom stereocenters.